The van der Waals surface area contributed by atoms with Crippen LogP contribution in [0.3, 0.4) is 0 Å². The number of aliphatic imine (C=N–C) groups is 1. The van der Waals surface area contributed by atoms with Crippen molar-refractivity contribution in [3.05, 3.63) is 77.6 Å². The molecule has 1 N–H and O–H groups in total. The second kappa shape index (κ2) is 7.16. The van der Waals surface area contributed by atoms with E-state index in [2.05, 4.69) is 15.3 Å². The first-order chi connectivity index (χ1) is 13.8. The Morgan fingerprint density at radius 1 is 1.00 bits per heavy atom. The van der Waals surface area contributed by atoms with Crippen molar-refractivity contribution in [2.45, 2.75) is 19.5 Å². The van der Waals surface area contributed by atoms with Crippen molar-refractivity contribution in [3.63, 3.8) is 0 Å². The maximum Gasteiger partial charge on any atom is 0.416 e. The first-order valence-corrected chi connectivity index (χ1v) is 8.91. The van der Waals surface area contributed by atoms with Crippen LogP contribution in [0.25, 0.3) is 11.1 Å². The first kappa shape index (κ1) is 18.9. The monoisotopic (exact) mass is 395 g/mol. The number of alkyl halides is 3. The minimum atomic E-state index is -4.50. The molecule has 0 unspecified atom stereocenters. The van der Waals surface area contributed by atoms with Crippen LogP contribution in [0.1, 0.15) is 23.1 Å². The minimum Gasteiger partial charge on any atom is -0.324 e. The van der Waals surface area contributed by atoms with Gasteiger partial charge in [-0.15, -0.1) is 0 Å². The molecule has 2 heterocycles. The molecule has 1 aromatic heterocycles. The highest BCUT2D eigenvalue weighted by Gasteiger charge is 2.34. The fourth-order valence-corrected chi connectivity index (χ4v) is 3.30. The number of nitrogens with zero attached hydrogens (tertiary/aromatic N) is 2. The molecule has 0 fully saturated rings. The van der Waals surface area contributed by atoms with Crippen molar-refractivity contribution in [2.24, 2.45) is 4.99 Å². The number of hydrogen-bond donors (Lipinski definition) is 1. The van der Waals surface area contributed by atoms with Crippen LogP contribution < -0.4 is 5.32 Å². The van der Waals surface area contributed by atoms with E-state index in [-0.39, 0.29) is 17.7 Å². The molecule has 0 bridgehead atoms. The predicted octanol–water partition coefficient (Wildman–Crippen LogP) is 5.54. The number of rotatable bonds is 2. The second-order valence-corrected chi connectivity index (χ2v) is 6.79. The third kappa shape index (κ3) is 3.89. The summed E-state index contributed by atoms with van der Waals surface area (Å²) >= 11 is 0. The van der Waals surface area contributed by atoms with Gasteiger partial charge in [-0.05, 0) is 47.9 Å². The van der Waals surface area contributed by atoms with Gasteiger partial charge in [-0.25, -0.2) is 0 Å². The Bertz CT molecular complexity index is 1120. The highest BCUT2D eigenvalue weighted by atomic mass is 19.4. The topological polar surface area (TPSA) is 54.4 Å². The highest BCUT2D eigenvalue weighted by Crippen LogP contribution is 2.39. The molecular formula is C22H16F3N3O. The number of halogens is 3. The van der Waals surface area contributed by atoms with Crippen LogP contribution in [-0.4, -0.2) is 16.6 Å². The average Bonchev–Trinajstić information content (AvgIpc) is 2.85. The molecule has 3 aromatic rings. The fourth-order valence-electron chi connectivity index (χ4n) is 3.30. The number of amides is 1. The lowest BCUT2D eigenvalue weighted by Crippen LogP contribution is -2.15. The molecule has 0 aliphatic carbocycles. The van der Waals surface area contributed by atoms with Gasteiger partial charge in [-0.2, -0.15) is 13.2 Å². The lowest BCUT2D eigenvalue weighted by Gasteiger charge is -2.13. The van der Waals surface area contributed by atoms with Crippen LogP contribution in [0.4, 0.5) is 24.5 Å². The van der Waals surface area contributed by atoms with Crippen molar-refractivity contribution < 1.29 is 18.0 Å². The van der Waals surface area contributed by atoms with Crippen molar-refractivity contribution >= 4 is 23.0 Å². The normalized spacial score (nSPS) is 13.9. The van der Waals surface area contributed by atoms with Crippen LogP contribution in [0.2, 0.25) is 0 Å². The summed E-state index contributed by atoms with van der Waals surface area (Å²) in [6.07, 6.45) is -1.12. The summed E-state index contributed by atoms with van der Waals surface area (Å²) in [5, 5.41) is 2.54. The zero-order valence-corrected chi connectivity index (χ0v) is 15.4. The number of carbonyl (C=O) groups excluding carboxylic acids is 1. The van der Waals surface area contributed by atoms with E-state index in [1.807, 2.05) is 36.4 Å². The van der Waals surface area contributed by atoms with Crippen LogP contribution in [0, 0.1) is 6.92 Å². The molecule has 1 aliphatic rings. The zero-order valence-electron chi connectivity index (χ0n) is 15.4. The SMILES string of the molecule is Cc1cc2c(cc1C(F)(F)F)NC(=O)CC(c1cccc(-c3cccnc3)c1)=N2. The van der Waals surface area contributed by atoms with Crippen molar-refractivity contribution in [3.8, 4) is 11.1 Å². The van der Waals surface area contributed by atoms with Gasteiger partial charge in [0.2, 0.25) is 5.91 Å². The summed E-state index contributed by atoms with van der Waals surface area (Å²) in [6.45, 7) is 1.38. The van der Waals surface area contributed by atoms with Gasteiger partial charge < -0.3 is 5.32 Å². The van der Waals surface area contributed by atoms with Crippen molar-refractivity contribution in [2.75, 3.05) is 5.32 Å². The van der Waals surface area contributed by atoms with E-state index in [9.17, 15) is 18.0 Å². The third-order valence-electron chi connectivity index (χ3n) is 4.70. The molecule has 4 rings (SSSR count). The maximum atomic E-state index is 13.2. The number of benzene rings is 2. The Morgan fingerprint density at radius 3 is 2.48 bits per heavy atom. The molecule has 0 saturated carbocycles. The van der Waals surface area contributed by atoms with E-state index < -0.39 is 17.6 Å². The molecule has 0 atom stereocenters. The predicted molar refractivity (Wildman–Crippen MR) is 105 cm³/mol. The number of carbonyl (C=O) groups is 1. The van der Waals surface area contributed by atoms with Crippen molar-refractivity contribution in [1.82, 2.24) is 4.98 Å². The Morgan fingerprint density at radius 2 is 1.76 bits per heavy atom. The number of hydrogen-bond acceptors (Lipinski definition) is 3. The van der Waals surface area contributed by atoms with E-state index in [4.69, 9.17) is 0 Å². The zero-order chi connectivity index (χ0) is 20.6. The first-order valence-electron chi connectivity index (χ1n) is 8.91. The molecule has 2 aromatic carbocycles. The molecule has 1 amide bonds. The maximum absolute atomic E-state index is 13.2. The van der Waals surface area contributed by atoms with Gasteiger partial charge >= 0.3 is 6.18 Å². The van der Waals surface area contributed by atoms with E-state index in [0.29, 0.717) is 11.4 Å². The summed E-state index contributed by atoms with van der Waals surface area (Å²) in [6, 6.07) is 13.5. The van der Waals surface area contributed by atoms with Gasteiger partial charge in [0.25, 0.3) is 0 Å². The lowest BCUT2D eigenvalue weighted by atomic mass is 10.0. The minimum absolute atomic E-state index is 0.0361. The van der Waals surface area contributed by atoms with Crippen LogP contribution >= 0.6 is 0 Å². The van der Waals surface area contributed by atoms with Crippen LogP contribution in [-0.2, 0) is 11.0 Å². The number of fused-ring (bicyclic) bond motifs is 1. The summed E-state index contributed by atoms with van der Waals surface area (Å²) in [4.78, 5) is 21.0. The molecular weight excluding hydrogens is 379 g/mol. The number of aryl methyl sites for hydroxylation is 1. The van der Waals surface area contributed by atoms with Gasteiger partial charge in [0, 0.05) is 18.0 Å². The number of aromatic nitrogens is 1. The second-order valence-electron chi connectivity index (χ2n) is 6.79. The van der Waals surface area contributed by atoms with Gasteiger partial charge in [-0.1, -0.05) is 24.3 Å². The smallest absolute Gasteiger partial charge is 0.324 e. The molecule has 7 heteroatoms. The van der Waals surface area contributed by atoms with Gasteiger partial charge in [0.15, 0.2) is 0 Å². The van der Waals surface area contributed by atoms with Crippen LogP contribution in [0.15, 0.2) is 65.9 Å². The van der Waals surface area contributed by atoms with Crippen molar-refractivity contribution in [1.29, 1.82) is 0 Å². The Kier molecular flexibility index (Phi) is 4.66. The van der Waals surface area contributed by atoms with Crippen LogP contribution in [0.5, 0.6) is 0 Å². The lowest BCUT2D eigenvalue weighted by molar-refractivity contribution is -0.138. The van der Waals surface area contributed by atoms with Gasteiger partial charge in [-0.3, -0.25) is 14.8 Å². The molecule has 1 aliphatic heterocycles. The third-order valence-corrected chi connectivity index (χ3v) is 4.70. The standard InChI is InChI=1S/C22H16F3N3O/c1-13-8-19-20(10-17(13)22(23,24)25)28-21(29)11-18(27-19)15-5-2-4-14(9-15)16-6-3-7-26-12-16/h2-10,12H,11H2,1H3,(H,28,29). The van der Waals surface area contributed by atoms with Gasteiger partial charge in [0.05, 0.1) is 29.1 Å². The summed E-state index contributed by atoms with van der Waals surface area (Å²) in [5.41, 5.74) is 2.69. The summed E-state index contributed by atoms with van der Waals surface area (Å²) in [5.74, 6) is -0.411. The highest BCUT2D eigenvalue weighted by molar-refractivity contribution is 6.17. The molecule has 0 saturated heterocycles. The largest absolute Gasteiger partial charge is 0.416 e. The van der Waals surface area contributed by atoms with E-state index in [1.54, 1.807) is 12.4 Å². The van der Waals surface area contributed by atoms with E-state index in [0.717, 1.165) is 22.8 Å². The molecule has 146 valence electrons. The molecule has 4 nitrogen and oxygen atoms in total. The van der Waals surface area contributed by atoms with E-state index >= 15 is 0 Å². The molecule has 29 heavy (non-hydrogen) atoms. The number of pyridine rings is 1. The number of nitrogens with one attached hydrogen (secondary N) is 1. The molecule has 0 spiro atoms. The average molecular weight is 395 g/mol. The summed E-state index contributed by atoms with van der Waals surface area (Å²) < 4.78 is 39.6. The molecule has 0 radical (unpaired) electrons. The quantitative estimate of drug-likeness (QED) is 0.620. The van der Waals surface area contributed by atoms with Gasteiger partial charge in [0.1, 0.15) is 0 Å². The fraction of sp³-hybridized carbons (Fsp3) is 0.136. The number of anilines is 1. The Balaban J connectivity index is 1.80. The summed E-state index contributed by atoms with van der Waals surface area (Å²) in [7, 11) is 0. The van der Waals surface area contributed by atoms with E-state index in [1.165, 1.54) is 13.0 Å². The Hall–Kier alpha value is -3.48. The Labute approximate surface area is 165 Å².